The molecule has 4 N–H and O–H groups in total. The van der Waals surface area contributed by atoms with Gasteiger partial charge in [0.15, 0.2) is 0 Å². The molecule has 0 bridgehead atoms. The summed E-state index contributed by atoms with van der Waals surface area (Å²) in [6.45, 7) is 0.552. The Bertz CT molecular complexity index is 2530. The number of carbonyl (C=O) groups is 4. The Morgan fingerprint density at radius 3 is 2.29 bits per heavy atom. The van der Waals surface area contributed by atoms with Crippen LogP contribution in [0.4, 0.5) is 9.59 Å². The van der Waals surface area contributed by atoms with Crippen LogP contribution in [0.2, 0.25) is 0 Å². The van der Waals surface area contributed by atoms with Crippen molar-refractivity contribution in [1.82, 2.24) is 40.4 Å². The second-order valence-electron chi connectivity index (χ2n) is 15.2. The highest BCUT2D eigenvalue weighted by Gasteiger charge is 2.45. The molecular formula is C44H44N8O6. The third kappa shape index (κ3) is 6.88. The monoisotopic (exact) mass is 780 g/mol. The van der Waals surface area contributed by atoms with Gasteiger partial charge in [-0.1, -0.05) is 60.7 Å². The zero-order valence-electron chi connectivity index (χ0n) is 32.2. The van der Waals surface area contributed by atoms with Crippen molar-refractivity contribution in [3.63, 3.8) is 0 Å². The minimum atomic E-state index is -0.884. The Kier molecular flexibility index (Phi) is 9.76. The molecule has 0 saturated carbocycles. The van der Waals surface area contributed by atoms with Crippen LogP contribution in [0.3, 0.4) is 0 Å². The number of aromatic nitrogens is 4. The van der Waals surface area contributed by atoms with Gasteiger partial charge in [-0.05, 0) is 90.3 Å². The lowest BCUT2D eigenvalue weighted by atomic mass is 9.98. The molecule has 4 aromatic carbocycles. The Labute approximate surface area is 334 Å². The molecule has 3 aliphatic rings. The third-order valence-electron chi connectivity index (χ3n) is 11.9. The molecule has 296 valence electrons. The van der Waals surface area contributed by atoms with Gasteiger partial charge in [-0.3, -0.25) is 9.59 Å². The Morgan fingerprint density at radius 1 is 0.776 bits per heavy atom. The topological polar surface area (TPSA) is 175 Å². The molecule has 58 heavy (non-hydrogen) atoms. The van der Waals surface area contributed by atoms with Crippen LogP contribution in [0.5, 0.6) is 0 Å². The fourth-order valence-electron chi connectivity index (χ4n) is 8.97. The summed E-state index contributed by atoms with van der Waals surface area (Å²) in [5, 5.41) is 7.58. The van der Waals surface area contributed by atoms with Gasteiger partial charge in [0.25, 0.3) is 5.91 Å². The first-order chi connectivity index (χ1) is 28.3. The molecule has 3 fully saturated rings. The van der Waals surface area contributed by atoms with E-state index >= 15 is 0 Å². The first-order valence-electron chi connectivity index (χ1n) is 19.7. The van der Waals surface area contributed by atoms with Gasteiger partial charge >= 0.3 is 12.2 Å². The highest BCUT2D eigenvalue weighted by Crippen LogP contribution is 2.41. The molecule has 5 heterocycles. The number of H-pyrrole nitrogens is 2. The predicted octanol–water partition coefficient (Wildman–Crippen LogP) is 7.08. The van der Waals surface area contributed by atoms with Gasteiger partial charge < -0.3 is 39.9 Å². The van der Waals surface area contributed by atoms with Crippen molar-refractivity contribution in [3.8, 4) is 22.4 Å². The number of rotatable bonds is 8. The number of ether oxygens (including phenoxy) is 2. The highest BCUT2D eigenvalue weighted by molar-refractivity contribution is 5.92. The Hall–Kier alpha value is -6.70. The van der Waals surface area contributed by atoms with E-state index in [2.05, 4.69) is 69.1 Å². The number of aromatic amines is 2. The van der Waals surface area contributed by atoms with Gasteiger partial charge in [0.1, 0.15) is 23.7 Å². The lowest BCUT2D eigenvalue weighted by Crippen LogP contribution is -2.54. The van der Waals surface area contributed by atoms with Crippen LogP contribution in [0, 0.1) is 0 Å². The van der Waals surface area contributed by atoms with Crippen LogP contribution in [-0.4, -0.2) is 86.6 Å². The second kappa shape index (κ2) is 15.3. The zero-order valence-corrected chi connectivity index (χ0v) is 32.2. The van der Waals surface area contributed by atoms with Gasteiger partial charge in [-0.15, -0.1) is 0 Å². The summed E-state index contributed by atoms with van der Waals surface area (Å²) in [7, 11) is 2.58. The highest BCUT2D eigenvalue weighted by atomic mass is 16.5. The largest absolute Gasteiger partial charge is 0.453 e. The molecule has 3 saturated heterocycles. The van der Waals surface area contributed by atoms with Crippen molar-refractivity contribution in [2.24, 2.45) is 0 Å². The minimum Gasteiger partial charge on any atom is -0.453 e. The van der Waals surface area contributed by atoms with E-state index in [1.54, 1.807) is 4.90 Å². The van der Waals surface area contributed by atoms with Crippen molar-refractivity contribution in [2.75, 3.05) is 20.8 Å². The van der Waals surface area contributed by atoms with Crippen LogP contribution in [0.25, 0.3) is 44.2 Å². The summed E-state index contributed by atoms with van der Waals surface area (Å²) >= 11 is 0. The van der Waals surface area contributed by atoms with Crippen molar-refractivity contribution in [3.05, 3.63) is 108 Å². The number of likely N-dealkylation sites (tertiary alicyclic amines) is 1. The summed E-state index contributed by atoms with van der Waals surface area (Å²) in [6.07, 6.45) is 5.26. The first kappa shape index (κ1) is 36.9. The zero-order chi connectivity index (χ0) is 39.9. The van der Waals surface area contributed by atoms with Crippen LogP contribution in [0.1, 0.15) is 73.9 Å². The van der Waals surface area contributed by atoms with Crippen LogP contribution >= 0.6 is 0 Å². The summed E-state index contributed by atoms with van der Waals surface area (Å²) in [5.74, 6) is 1.16. The molecule has 6 aromatic rings. The number of carbonyl (C=O) groups excluding carboxylic acids is 4. The van der Waals surface area contributed by atoms with E-state index in [0.29, 0.717) is 24.4 Å². The number of nitrogens with one attached hydrogen (secondary N) is 4. The molecule has 0 spiro atoms. The van der Waals surface area contributed by atoms with Crippen molar-refractivity contribution in [1.29, 1.82) is 0 Å². The van der Waals surface area contributed by atoms with Gasteiger partial charge in [0.2, 0.25) is 5.91 Å². The fourth-order valence-corrected chi connectivity index (χ4v) is 8.97. The maximum Gasteiger partial charge on any atom is 0.407 e. The lowest BCUT2D eigenvalue weighted by molar-refractivity contribution is -0.139. The summed E-state index contributed by atoms with van der Waals surface area (Å²) in [4.78, 5) is 71.9. The molecule has 0 aliphatic carbocycles. The number of hydrogen-bond acceptors (Lipinski definition) is 8. The number of fused-ring (bicyclic) bond motifs is 3. The Morgan fingerprint density at radius 2 is 1.50 bits per heavy atom. The van der Waals surface area contributed by atoms with Crippen molar-refractivity contribution < 1.29 is 28.7 Å². The average Bonchev–Trinajstić information content (AvgIpc) is 4.09. The van der Waals surface area contributed by atoms with Gasteiger partial charge in [0, 0.05) is 18.2 Å². The number of amides is 4. The molecule has 3 aliphatic heterocycles. The van der Waals surface area contributed by atoms with E-state index in [0.717, 1.165) is 82.1 Å². The van der Waals surface area contributed by atoms with E-state index in [9.17, 15) is 19.2 Å². The Balaban J connectivity index is 0.918. The number of benzene rings is 4. The normalized spacial score (nSPS) is 20.9. The maximum atomic E-state index is 14.0. The van der Waals surface area contributed by atoms with E-state index in [4.69, 9.17) is 19.4 Å². The van der Waals surface area contributed by atoms with E-state index in [1.807, 2.05) is 47.5 Å². The maximum absolute atomic E-state index is 14.0. The molecule has 5 atom stereocenters. The number of imidazole rings is 2. The minimum absolute atomic E-state index is 0.0910. The van der Waals surface area contributed by atoms with Crippen LogP contribution in [-0.2, 0) is 19.1 Å². The number of methoxy groups -OCH3 is 2. The number of alkyl carbamates (subject to hydrolysis) is 2. The molecule has 14 nitrogen and oxygen atoms in total. The standard InChI is InChI=1S/C44H44N8O6/c1-57-43(55)49-33-18-15-31-16-19-37(52(31)41(33)53)39-45-24-35(48-39)30-13-12-26-21-27(10-11-28(26)22-30)29-14-17-32-34(23-29)47-40(46-32)36-9-6-20-51(36)42(54)38(50-44(56)58-2)25-7-4-3-5-8-25/h3-5,7-8,10-14,17,21-24,31,33,36-38H,6,9,15-16,18-20H2,1-2H3,(H,45,48)(H,46,47)(H,49,55)(H,50,56). The summed E-state index contributed by atoms with van der Waals surface area (Å²) in [5.41, 5.74) is 6.32. The van der Waals surface area contributed by atoms with Gasteiger partial charge in [-0.2, -0.15) is 0 Å². The van der Waals surface area contributed by atoms with E-state index in [-0.39, 0.29) is 29.9 Å². The quantitative estimate of drug-likeness (QED) is 0.127. The molecule has 0 radical (unpaired) electrons. The van der Waals surface area contributed by atoms with Crippen LogP contribution in [0.15, 0.2) is 91.1 Å². The number of nitrogens with zero attached hydrogens (tertiary/aromatic N) is 4. The van der Waals surface area contributed by atoms with Gasteiger partial charge in [-0.25, -0.2) is 19.6 Å². The number of hydrogen-bond donors (Lipinski definition) is 4. The second-order valence-corrected chi connectivity index (χ2v) is 15.2. The third-order valence-corrected chi connectivity index (χ3v) is 11.9. The van der Waals surface area contributed by atoms with Gasteiger partial charge in [0.05, 0.1) is 49.2 Å². The van der Waals surface area contributed by atoms with E-state index in [1.165, 1.54) is 14.2 Å². The molecule has 9 rings (SSSR count). The van der Waals surface area contributed by atoms with Crippen molar-refractivity contribution >= 4 is 45.8 Å². The number of piperidine rings is 1. The molecule has 4 amide bonds. The molecule has 5 unspecified atom stereocenters. The van der Waals surface area contributed by atoms with Crippen molar-refractivity contribution in [2.45, 2.75) is 68.7 Å². The smallest absolute Gasteiger partial charge is 0.407 e. The van der Waals surface area contributed by atoms with E-state index < -0.39 is 24.3 Å². The molecule has 2 aromatic heterocycles. The molecule has 14 heteroatoms. The lowest BCUT2D eigenvalue weighted by Gasteiger charge is -2.37. The predicted molar refractivity (Wildman–Crippen MR) is 216 cm³/mol. The molecular weight excluding hydrogens is 737 g/mol. The fraction of sp³-hybridized carbons (Fsp3) is 0.318. The summed E-state index contributed by atoms with van der Waals surface area (Å²) < 4.78 is 9.58. The summed E-state index contributed by atoms with van der Waals surface area (Å²) in [6, 6.07) is 26.3. The SMILES string of the molecule is COC(=O)NC1CCC2CCC(c3ncc(-c4ccc5cc(-c6ccc7nc(C8CCCN8C(=O)C(NC(=O)OC)c8ccccc8)[nH]c7c6)ccc5c4)[nH]3)N2C1=O. The first-order valence-corrected chi connectivity index (χ1v) is 19.7. The average molecular weight is 781 g/mol. The van der Waals surface area contributed by atoms with Crippen LogP contribution < -0.4 is 10.6 Å².